The van der Waals surface area contributed by atoms with Gasteiger partial charge in [-0.3, -0.25) is 23.6 Å². The molecule has 13 heteroatoms. The number of hydrogen-bond donors (Lipinski definition) is 6. The lowest BCUT2D eigenvalue weighted by Gasteiger charge is -2.14. The van der Waals surface area contributed by atoms with Gasteiger partial charge in [0.2, 0.25) is 23.1 Å². The summed E-state index contributed by atoms with van der Waals surface area (Å²) in [5.74, 6) is -1.90. The molecular weight excluding hydrogens is 404 g/mol. The summed E-state index contributed by atoms with van der Waals surface area (Å²) < 4.78 is 18.8. The van der Waals surface area contributed by atoms with Crippen LogP contribution in [0.5, 0.6) is 0 Å². The molecule has 0 heterocycles. The van der Waals surface area contributed by atoms with Crippen LogP contribution in [-0.4, -0.2) is 65.3 Å². The van der Waals surface area contributed by atoms with E-state index in [4.69, 9.17) is 20.8 Å². The Kier molecular flexibility index (Phi) is 15.4. The van der Waals surface area contributed by atoms with Crippen LogP contribution in [0.1, 0.15) is 45.4 Å². The normalized spacial score (nSPS) is 12.6. The van der Waals surface area contributed by atoms with Crippen molar-refractivity contribution in [3.05, 3.63) is 0 Å². The van der Waals surface area contributed by atoms with Gasteiger partial charge in [0.05, 0.1) is 6.61 Å². The Bertz CT molecular complexity index is 570. The Morgan fingerprint density at radius 2 is 1.79 bits per heavy atom. The highest BCUT2D eigenvalue weighted by Gasteiger charge is 2.21. The van der Waals surface area contributed by atoms with Crippen molar-refractivity contribution in [1.29, 1.82) is 0 Å². The maximum Gasteiger partial charge on any atom is 0.323 e. The first-order valence-corrected chi connectivity index (χ1v) is 10.5. The molecule has 2 amide bonds. The van der Waals surface area contributed by atoms with E-state index in [9.17, 15) is 18.6 Å². The number of nitrogens with one attached hydrogen (secondary N) is 3. The summed E-state index contributed by atoms with van der Waals surface area (Å²) in [4.78, 5) is 38.4. The van der Waals surface area contributed by atoms with Crippen molar-refractivity contribution in [2.45, 2.75) is 51.5 Å². The number of nitrogens with zero attached hydrogens (tertiary/aromatic N) is 1. The first-order chi connectivity index (χ1) is 13.8. The number of aliphatic imine (C=N–C) groups is 1. The minimum absolute atomic E-state index is 0.0102. The maximum absolute atomic E-state index is 11.8. The van der Waals surface area contributed by atoms with E-state index in [0.29, 0.717) is 25.8 Å². The van der Waals surface area contributed by atoms with Gasteiger partial charge in [-0.15, -0.1) is 0 Å². The molecule has 29 heavy (non-hydrogen) atoms. The zero-order chi connectivity index (χ0) is 22.1. The van der Waals surface area contributed by atoms with Crippen LogP contribution < -0.4 is 26.8 Å². The van der Waals surface area contributed by atoms with Crippen LogP contribution in [0.15, 0.2) is 4.99 Å². The fraction of sp³-hybridized carbons (Fsp3) is 0.750. The van der Waals surface area contributed by atoms with Gasteiger partial charge < -0.3 is 27.2 Å². The van der Waals surface area contributed by atoms with E-state index in [-0.39, 0.29) is 44.4 Å². The number of rotatable bonds is 17. The Balaban J connectivity index is 3.98. The van der Waals surface area contributed by atoms with Gasteiger partial charge in [0.15, 0.2) is 5.96 Å². The van der Waals surface area contributed by atoms with Crippen LogP contribution in [0.3, 0.4) is 0 Å². The number of guanidine groups is 1. The van der Waals surface area contributed by atoms with E-state index in [0.717, 1.165) is 6.42 Å². The summed E-state index contributed by atoms with van der Waals surface area (Å²) >= 11 is -1.97. The SMILES string of the molecule is CCCCOS(=O)NC(CNC(=O)CCNC(=O)CCCCN=C(N)N)C(=O)O. The van der Waals surface area contributed by atoms with Crippen LogP contribution in [0, 0.1) is 0 Å². The number of carbonyl (C=O) groups excluding carboxylic acids is 2. The van der Waals surface area contributed by atoms with E-state index >= 15 is 0 Å². The summed E-state index contributed by atoms with van der Waals surface area (Å²) in [5.41, 5.74) is 10.4. The van der Waals surface area contributed by atoms with Crippen molar-refractivity contribution in [3.63, 3.8) is 0 Å². The van der Waals surface area contributed by atoms with Gasteiger partial charge in [-0.25, -0.2) is 4.21 Å². The minimum atomic E-state index is -1.97. The van der Waals surface area contributed by atoms with Crippen molar-refractivity contribution < 1.29 is 27.9 Å². The Labute approximate surface area is 173 Å². The number of aliphatic carboxylic acids is 1. The van der Waals surface area contributed by atoms with Crippen LogP contribution in [0.25, 0.3) is 0 Å². The van der Waals surface area contributed by atoms with Gasteiger partial charge in [-0.05, 0) is 19.3 Å². The quantitative estimate of drug-likeness (QED) is 0.0898. The highest BCUT2D eigenvalue weighted by Crippen LogP contribution is 1.96. The van der Waals surface area contributed by atoms with Gasteiger partial charge in [-0.2, -0.15) is 4.72 Å². The standard InChI is InChI=1S/C16H32N6O6S/c1-2-3-10-28-29(27)22-12(15(25)26)11-21-14(24)7-9-19-13(23)6-4-5-8-20-16(17)18/h12,22H,2-11H2,1H3,(H,19,23)(H,21,24)(H,25,26)(H4,17,18,20). The summed E-state index contributed by atoms with van der Waals surface area (Å²) in [6.45, 7) is 2.48. The lowest BCUT2D eigenvalue weighted by molar-refractivity contribution is -0.139. The molecule has 0 bridgehead atoms. The largest absolute Gasteiger partial charge is 0.480 e. The minimum Gasteiger partial charge on any atom is -0.480 e. The van der Waals surface area contributed by atoms with Crippen LogP contribution >= 0.6 is 0 Å². The Hall–Kier alpha value is -2.25. The second-order valence-electron chi connectivity index (χ2n) is 6.09. The lowest BCUT2D eigenvalue weighted by atomic mass is 10.2. The monoisotopic (exact) mass is 436 g/mol. The molecule has 0 aromatic carbocycles. The fourth-order valence-corrected chi connectivity index (χ4v) is 2.68. The molecule has 168 valence electrons. The van der Waals surface area contributed by atoms with Crippen LogP contribution in [0.4, 0.5) is 0 Å². The number of carboxylic acids is 1. The summed E-state index contributed by atoms with van der Waals surface area (Å²) in [7, 11) is 0. The van der Waals surface area contributed by atoms with Gasteiger partial charge in [0, 0.05) is 32.5 Å². The van der Waals surface area contributed by atoms with Gasteiger partial charge in [-0.1, -0.05) is 13.3 Å². The summed E-state index contributed by atoms with van der Waals surface area (Å²) in [6, 6.07) is -1.26. The number of unbranched alkanes of at least 4 members (excludes halogenated alkanes) is 2. The van der Waals surface area contributed by atoms with Crippen molar-refractivity contribution >= 4 is 35.0 Å². The average molecular weight is 437 g/mol. The first-order valence-electron chi connectivity index (χ1n) is 9.39. The van der Waals surface area contributed by atoms with E-state index in [1.807, 2.05) is 6.92 Å². The molecule has 0 rings (SSSR count). The number of hydrogen-bond acceptors (Lipinski definition) is 6. The zero-order valence-corrected chi connectivity index (χ0v) is 17.5. The molecule has 0 aliphatic rings. The molecule has 0 aliphatic carbocycles. The first kappa shape index (κ1) is 26.8. The zero-order valence-electron chi connectivity index (χ0n) is 16.6. The fourth-order valence-electron chi connectivity index (χ4n) is 1.92. The summed E-state index contributed by atoms with van der Waals surface area (Å²) in [6.07, 6.45) is 3.10. The highest BCUT2D eigenvalue weighted by molar-refractivity contribution is 7.78. The second kappa shape index (κ2) is 16.7. The molecule has 0 aromatic rings. The molecule has 0 aromatic heterocycles. The highest BCUT2D eigenvalue weighted by atomic mass is 32.2. The van der Waals surface area contributed by atoms with Crippen LogP contribution in [-0.2, 0) is 29.8 Å². The maximum atomic E-state index is 11.8. The molecule has 0 radical (unpaired) electrons. The molecule has 0 fully saturated rings. The number of amides is 2. The Morgan fingerprint density at radius 3 is 2.41 bits per heavy atom. The van der Waals surface area contributed by atoms with Crippen molar-refractivity contribution in [3.8, 4) is 0 Å². The third kappa shape index (κ3) is 16.4. The van der Waals surface area contributed by atoms with Gasteiger partial charge >= 0.3 is 5.97 Å². The molecule has 0 saturated carbocycles. The van der Waals surface area contributed by atoms with E-state index in [1.54, 1.807) is 0 Å². The topological polar surface area (TPSA) is 198 Å². The van der Waals surface area contributed by atoms with Gasteiger partial charge in [0.1, 0.15) is 6.04 Å². The number of nitrogens with two attached hydrogens (primary N) is 2. The average Bonchev–Trinajstić information content (AvgIpc) is 2.64. The predicted molar refractivity (Wildman–Crippen MR) is 109 cm³/mol. The van der Waals surface area contributed by atoms with E-state index in [1.165, 1.54) is 0 Å². The molecule has 0 saturated heterocycles. The molecule has 2 unspecified atom stereocenters. The lowest BCUT2D eigenvalue weighted by Crippen LogP contribution is -2.47. The second-order valence-corrected chi connectivity index (χ2v) is 7.03. The molecule has 12 nitrogen and oxygen atoms in total. The van der Waals surface area contributed by atoms with E-state index < -0.39 is 29.2 Å². The number of carboxylic acid groups (broad SMARTS) is 1. The molecule has 8 N–H and O–H groups in total. The molecule has 2 atom stereocenters. The van der Waals surface area contributed by atoms with Crippen LogP contribution in [0.2, 0.25) is 0 Å². The van der Waals surface area contributed by atoms with Crippen molar-refractivity contribution in [1.82, 2.24) is 15.4 Å². The molecule has 0 aliphatic heterocycles. The van der Waals surface area contributed by atoms with E-state index in [2.05, 4.69) is 20.3 Å². The predicted octanol–water partition coefficient (Wildman–Crippen LogP) is -1.51. The third-order valence-electron chi connectivity index (χ3n) is 3.51. The molecule has 0 spiro atoms. The Morgan fingerprint density at radius 1 is 1.10 bits per heavy atom. The smallest absolute Gasteiger partial charge is 0.323 e. The van der Waals surface area contributed by atoms with Crippen molar-refractivity contribution in [2.75, 3.05) is 26.2 Å². The molecular formula is C16H32N6O6S. The van der Waals surface area contributed by atoms with Crippen molar-refractivity contribution in [2.24, 2.45) is 16.5 Å². The summed E-state index contributed by atoms with van der Waals surface area (Å²) in [5, 5.41) is 14.1. The third-order valence-corrected chi connectivity index (χ3v) is 4.37. The van der Waals surface area contributed by atoms with Gasteiger partial charge in [0.25, 0.3) is 0 Å². The number of carbonyl (C=O) groups is 3.